The first-order valence-electron chi connectivity index (χ1n) is 5.51. The van der Waals surface area contributed by atoms with Crippen LogP contribution in [-0.2, 0) is 4.79 Å². The molecule has 0 aromatic heterocycles. The van der Waals surface area contributed by atoms with E-state index in [1.165, 1.54) is 0 Å². The van der Waals surface area contributed by atoms with Gasteiger partial charge in [0, 0.05) is 20.7 Å². The van der Waals surface area contributed by atoms with E-state index in [1.54, 1.807) is 0 Å². The van der Waals surface area contributed by atoms with Crippen LogP contribution in [0, 0.1) is 0 Å². The number of hydrogen-bond donors (Lipinski definition) is 2. The molecule has 2 N–H and O–H groups in total. The molecule has 94 valence electrons. The molecular weight excluding hydrogens is 348 g/mol. The highest BCUT2D eigenvalue weighted by molar-refractivity contribution is 9.11. The highest BCUT2D eigenvalue weighted by Crippen LogP contribution is 2.25. The van der Waals surface area contributed by atoms with Gasteiger partial charge in [-0.3, -0.25) is 4.79 Å². The third kappa shape index (κ3) is 5.08. The molecule has 3 nitrogen and oxygen atoms in total. The Labute approximate surface area is 119 Å². The molecule has 1 amide bonds. The first-order chi connectivity index (χ1) is 8.02. The van der Waals surface area contributed by atoms with Crippen molar-refractivity contribution in [3.63, 3.8) is 0 Å². The Bertz CT molecular complexity index is 396. The van der Waals surface area contributed by atoms with Gasteiger partial charge in [0.2, 0.25) is 5.91 Å². The number of halogens is 2. The first kappa shape index (κ1) is 14.5. The van der Waals surface area contributed by atoms with Gasteiger partial charge >= 0.3 is 0 Å². The molecule has 0 saturated heterocycles. The average molecular weight is 364 g/mol. The molecule has 0 radical (unpaired) electrons. The lowest BCUT2D eigenvalue weighted by Crippen LogP contribution is -2.36. The number of anilines is 1. The Hall–Kier alpha value is -0.550. The number of carbonyl (C=O) groups is 1. The molecule has 1 rings (SSSR count). The molecule has 0 aliphatic heterocycles. The van der Waals surface area contributed by atoms with Gasteiger partial charge in [0.05, 0.1) is 6.54 Å². The van der Waals surface area contributed by atoms with Crippen LogP contribution in [0.15, 0.2) is 27.1 Å². The lowest BCUT2D eigenvalue weighted by atomic mass is 10.2. The summed E-state index contributed by atoms with van der Waals surface area (Å²) in [5, 5.41) is 5.99. The van der Waals surface area contributed by atoms with Crippen molar-refractivity contribution in [2.75, 3.05) is 11.9 Å². The summed E-state index contributed by atoms with van der Waals surface area (Å²) in [6.07, 6.45) is 0.938. The maximum Gasteiger partial charge on any atom is 0.239 e. The summed E-state index contributed by atoms with van der Waals surface area (Å²) in [6.45, 7) is 4.32. The van der Waals surface area contributed by atoms with Crippen molar-refractivity contribution in [2.24, 2.45) is 0 Å². The highest BCUT2D eigenvalue weighted by atomic mass is 79.9. The molecule has 0 fully saturated rings. The van der Waals surface area contributed by atoms with Gasteiger partial charge in [-0.05, 0) is 47.5 Å². The minimum Gasteiger partial charge on any atom is -0.375 e. The van der Waals surface area contributed by atoms with Crippen LogP contribution in [-0.4, -0.2) is 18.5 Å². The number of rotatable bonds is 5. The van der Waals surface area contributed by atoms with Crippen molar-refractivity contribution in [1.82, 2.24) is 5.32 Å². The van der Waals surface area contributed by atoms with Crippen molar-refractivity contribution in [3.05, 3.63) is 27.1 Å². The van der Waals surface area contributed by atoms with Gasteiger partial charge in [0.15, 0.2) is 0 Å². The van der Waals surface area contributed by atoms with Gasteiger partial charge in [-0.15, -0.1) is 0 Å². The Balaban J connectivity index is 2.47. The zero-order chi connectivity index (χ0) is 12.8. The quantitative estimate of drug-likeness (QED) is 0.840. The van der Waals surface area contributed by atoms with Crippen molar-refractivity contribution in [3.8, 4) is 0 Å². The standard InChI is InChI=1S/C12H16Br2N2O/c1-3-8(2)16-12(17)7-15-11-5-4-9(13)6-10(11)14/h4-6,8,15H,3,7H2,1-2H3,(H,16,17). The zero-order valence-corrected chi connectivity index (χ0v) is 13.1. The first-order valence-corrected chi connectivity index (χ1v) is 7.09. The van der Waals surface area contributed by atoms with Crippen molar-refractivity contribution in [2.45, 2.75) is 26.3 Å². The summed E-state index contributed by atoms with van der Waals surface area (Å²) >= 11 is 6.82. The van der Waals surface area contributed by atoms with Gasteiger partial charge in [0.1, 0.15) is 0 Å². The molecule has 1 aromatic rings. The number of benzene rings is 1. The minimum atomic E-state index is 0.00849. The van der Waals surface area contributed by atoms with E-state index in [0.29, 0.717) is 0 Å². The molecule has 0 heterocycles. The van der Waals surface area contributed by atoms with Crippen molar-refractivity contribution >= 4 is 43.5 Å². The van der Waals surface area contributed by atoms with E-state index in [2.05, 4.69) is 42.5 Å². The lowest BCUT2D eigenvalue weighted by Gasteiger charge is -2.13. The zero-order valence-electron chi connectivity index (χ0n) is 9.89. The third-order valence-electron chi connectivity index (χ3n) is 2.39. The number of amides is 1. The molecule has 0 aliphatic carbocycles. The number of carbonyl (C=O) groups excluding carboxylic acids is 1. The second-order valence-corrected chi connectivity index (χ2v) is 5.62. The summed E-state index contributed by atoms with van der Waals surface area (Å²) in [5.41, 5.74) is 0.910. The molecule has 17 heavy (non-hydrogen) atoms. The summed E-state index contributed by atoms with van der Waals surface area (Å²) in [5.74, 6) is 0.00849. The van der Waals surface area contributed by atoms with Crippen LogP contribution in [0.4, 0.5) is 5.69 Å². The van der Waals surface area contributed by atoms with Gasteiger partial charge in [-0.1, -0.05) is 22.9 Å². The fourth-order valence-corrected chi connectivity index (χ4v) is 2.42. The number of nitrogens with one attached hydrogen (secondary N) is 2. The maximum absolute atomic E-state index is 11.6. The second kappa shape index (κ2) is 7.01. The van der Waals surface area contributed by atoms with Crippen LogP contribution in [0.3, 0.4) is 0 Å². The van der Waals surface area contributed by atoms with E-state index in [4.69, 9.17) is 0 Å². The third-order valence-corrected chi connectivity index (χ3v) is 3.54. The summed E-state index contributed by atoms with van der Waals surface area (Å²) in [7, 11) is 0. The van der Waals surface area contributed by atoms with Gasteiger partial charge in [-0.2, -0.15) is 0 Å². The Morgan fingerprint density at radius 2 is 2.12 bits per heavy atom. The topological polar surface area (TPSA) is 41.1 Å². The Kier molecular flexibility index (Phi) is 5.98. The average Bonchev–Trinajstić information content (AvgIpc) is 2.27. The normalized spacial score (nSPS) is 12.0. The fourth-order valence-electron chi connectivity index (χ4n) is 1.24. The van der Waals surface area contributed by atoms with Crippen molar-refractivity contribution in [1.29, 1.82) is 0 Å². The highest BCUT2D eigenvalue weighted by Gasteiger charge is 2.06. The van der Waals surface area contributed by atoms with Crippen LogP contribution in [0.1, 0.15) is 20.3 Å². The minimum absolute atomic E-state index is 0.00849. The number of hydrogen-bond acceptors (Lipinski definition) is 2. The maximum atomic E-state index is 11.6. The lowest BCUT2D eigenvalue weighted by molar-refractivity contribution is -0.120. The molecular formula is C12H16Br2N2O. The summed E-state index contributed by atoms with van der Waals surface area (Å²) in [6, 6.07) is 6.01. The van der Waals surface area contributed by atoms with E-state index >= 15 is 0 Å². The van der Waals surface area contributed by atoms with E-state index < -0.39 is 0 Å². The van der Waals surface area contributed by atoms with Crippen LogP contribution >= 0.6 is 31.9 Å². The molecule has 5 heteroatoms. The van der Waals surface area contributed by atoms with E-state index in [9.17, 15) is 4.79 Å². The molecule has 1 aromatic carbocycles. The van der Waals surface area contributed by atoms with Crippen LogP contribution in [0.2, 0.25) is 0 Å². The summed E-state index contributed by atoms with van der Waals surface area (Å²) in [4.78, 5) is 11.6. The van der Waals surface area contributed by atoms with E-state index in [0.717, 1.165) is 21.1 Å². The largest absolute Gasteiger partial charge is 0.375 e. The molecule has 0 bridgehead atoms. The van der Waals surface area contributed by atoms with E-state index in [-0.39, 0.29) is 18.5 Å². The molecule has 0 saturated carbocycles. The molecule has 0 aliphatic rings. The van der Waals surface area contributed by atoms with Crippen LogP contribution < -0.4 is 10.6 Å². The van der Waals surface area contributed by atoms with Crippen LogP contribution in [0.5, 0.6) is 0 Å². The molecule has 1 unspecified atom stereocenters. The van der Waals surface area contributed by atoms with Crippen molar-refractivity contribution < 1.29 is 4.79 Å². The summed E-state index contributed by atoms with van der Waals surface area (Å²) < 4.78 is 1.93. The predicted octanol–water partition coefficient (Wildman–Crippen LogP) is 3.54. The van der Waals surface area contributed by atoms with Gasteiger partial charge in [0.25, 0.3) is 0 Å². The molecule has 0 spiro atoms. The SMILES string of the molecule is CCC(C)NC(=O)CNc1ccc(Br)cc1Br. The van der Waals surface area contributed by atoms with Gasteiger partial charge < -0.3 is 10.6 Å². The predicted molar refractivity (Wildman–Crippen MR) is 78.2 cm³/mol. The van der Waals surface area contributed by atoms with Crippen LogP contribution in [0.25, 0.3) is 0 Å². The Morgan fingerprint density at radius 3 is 2.71 bits per heavy atom. The fraction of sp³-hybridized carbons (Fsp3) is 0.417. The molecule has 1 atom stereocenters. The van der Waals surface area contributed by atoms with Gasteiger partial charge in [-0.25, -0.2) is 0 Å². The van der Waals surface area contributed by atoms with E-state index in [1.807, 2.05) is 32.0 Å². The second-order valence-electron chi connectivity index (χ2n) is 3.85. The Morgan fingerprint density at radius 1 is 1.41 bits per heavy atom. The monoisotopic (exact) mass is 362 g/mol. The smallest absolute Gasteiger partial charge is 0.239 e.